The van der Waals surface area contributed by atoms with E-state index in [4.69, 9.17) is 15.9 Å². The highest BCUT2D eigenvalue weighted by molar-refractivity contribution is 5.96. The second-order valence-corrected chi connectivity index (χ2v) is 6.99. The number of carboxylic acids is 2. The Kier molecular flexibility index (Phi) is 6.34. The first-order valence-corrected chi connectivity index (χ1v) is 9.44. The van der Waals surface area contributed by atoms with E-state index in [0.29, 0.717) is 23.9 Å². The third kappa shape index (κ3) is 5.26. The second kappa shape index (κ2) is 9.11. The molecule has 3 rings (SSSR count). The number of fused-ring (bicyclic) bond motifs is 1. The number of aryl methyl sites for hydroxylation is 2. The van der Waals surface area contributed by atoms with Gasteiger partial charge in [-0.3, -0.25) is 14.6 Å². The highest BCUT2D eigenvalue weighted by atomic mass is 16.4. The van der Waals surface area contributed by atoms with Crippen molar-refractivity contribution < 1.29 is 24.6 Å². The number of nitrogens with two attached hydrogens (primary N) is 1. The average Bonchev–Trinajstić information content (AvgIpc) is 3.12. The van der Waals surface area contributed by atoms with E-state index in [1.807, 2.05) is 0 Å². The number of amides is 1. The first kappa shape index (κ1) is 21.6. The molecule has 0 fully saturated rings. The molecule has 2 heterocycles. The van der Waals surface area contributed by atoms with Crippen LogP contribution in [0.3, 0.4) is 0 Å². The minimum absolute atomic E-state index is 0.206. The summed E-state index contributed by atoms with van der Waals surface area (Å²) < 4.78 is 0. The molecule has 0 aliphatic heterocycles. The van der Waals surface area contributed by atoms with Gasteiger partial charge in [0, 0.05) is 18.2 Å². The predicted octanol–water partition coefficient (Wildman–Crippen LogP) is 0.666. The average molecular weight is 427 g/mol. The molecule has 1 atom stereocenters. The topological polar surface area (TPSA) is 191 Å². The third-order valence-electron chi connectivity index (χ3n) is 4.81. The number of nitrogen functional groups attached to an aromatic ring is 1. The molecule has 0 aliphatic carbocycles. The van der Waals surface area contributed by atoms with Gasteiger partial charge in [-0.2, -0.15) is 4.98 Å². The van der Waals surface area contributed by atoms with Crippen molar-refractivity contribution in [1.82, 2.24) is 20.3 Å². The number of H-pyrrole nitrogens is 2. The summed E-state index contributed by atoms with van der Waals surface area (Å²) in [6.07, 6.45) is 2.41. The van der Waals surface area contributed by atoms with Gasteiger partial charge in [0.05, 0.1) is 5.39 Å². The molecule has 31 heavy (non-hydrogen) atoms. The van der Waals surface area contributed by atoms with Crippen LogP contribution in [0.25, 0.3) is 11.0 Å². The van der Waals surface area contributed by atoms with Gasteiger partial charge in [0.1, 0.15) is 17.5 Å². The number of rotatable bonds is 9. The lowest BCUT2D eigenvalue weighted by Gasteiger charge is -2.13. The van der Waals surface area contributed by atoms with Crippen LogP contribution in [0.15, 0.2) is 35.3 Å². The lowest BCUT2D eigenvalue weighted by Crippen LogP contribution is -2.41. The molecular formula is C20H21N5O6. The number of nitrogens with one attached hydrogen (secondary N) is 3. The number of carboxylic acid groups (broad SMARTS) is 2. The molecule has 0 spiro atoms. The smallest absolute Gasteiger partial charge is 0.348 e. The van der Waals surface area contributed by atoms with Crippen LogP contribution >= 0.6 is 0 Å². The van der Waals surface area contributed by atoms with Crippen molar-refractivity contribution >= 4 is 34.7 Å². The molecule has 0 aliphatic rings. The molecular weight excluding hydrogens is 406 g/mol. The van der Waals surface area contributed by atoms with Gasteiger partial charge in [-0.25, -0.2) is 9.59 Å². The number of nitrogens with zero attached hydrogens (tertiary/aromatic N) is 1. The van der Waals surface area contributed by atoms with Crippen LogP contribution in [-0.2, 0) is 22.4 Å². The minimum Gasteiger partial charge on any atom is -0.481 e. The Morgan fingerprint density at radius 3 is 2.48 bits per heavy atom. The van der Waals surface area contributed by atoms with Crippen molar-refractivity contribution in [2.75, 3.05) is 5.73 Å². The van der Waals surface area contributed by atoms with E-state index >= 15 is 0 Å². The van der Waals surface area contributed by atoms with Crippen LogP contribution in [0.4, 0.5) is 5.82 Å². The fourth-order valence-electron chi connectivity index (χ4n) is 3.21. The van der Waals surface area contributed by atoms with Crippen LogP contribution in [-0.4, -0.2) is 49.1 Å². The SMILES string of the molecule is Nc1[nH]c(=O)nc2[nH]cc(CCc3ccc(C(=O)NC(CCC(=O)O)C(=O)O)cc3)c12. The summed E-state index contributed by atoms with van der Waals surface area (Å²) in [4.78, 5) is 54.8. The van der Waals surface area contributed by atoms with Gasteiger partial charge >= 0.3 is 17.6 Å². The Balaban J connectivity index is 1.64. The van der Waals surface area contributed by atoms with E-state index in [9.17, 15) is 19.2 Å². The van der Waals surface area contributed by atoms with Gasteiger partial charge in [-0.15, -0.1) is 0 Å². The van der Waals surface area contributed by atoms with Gasteiger partial charge in [0.25, 0.3) is 5.91 Å². The lowest BCUT2D eigenvalue weighted by atomic mass is 10.0. The van der Waals surface area contributed by atoms with E-state index in [2.05, 4.69) is 20.3 Å². The lowest BCUT2D eigenvalue weighted by molar-refractivity contribution is -0.140. The Bertz CT molecular complexity index is 1180. The van der Waals surface area contributed by atoms with Crippen molar-refractivity contribution in [1.29, 1.82) is 0 Å². The molecule has 3 aromatic rings. The van der Waals surface area contributed by atoms with E-state index in [-0.39, 0.29) is 24.2 Å². The number of hydrogen-bond donors (Lipinski definition) is 6. The molecule has 2 aromatic heterocycles. The zero-order valence-corrected chi connectivity index (χ0v) is 16.3. The normalized spacial score (nSPS) is 11.9. The first-order valence-electron chi connectivity index (χ1n) is 9.44. The van der Waals surface area contributed by atoms with Crippen molar-refractivity contribution in [2.45, 2.75) is 31.7 Å². The zero-order chi connectivity index (χ0) is 22.5. The van der Waals surface area contributed by atoms with Crippen molar-refractivity contribution in [3.63, 3.8) is 0 Å². The summed E-state index contributed by atoms with van der Waals surface area (Å²) in [5, 5.41) is 20.9. The molecule has 1 unspecified atom stereocenters. The van der Waals surface area contributed by atoms with Crippen LogP contribution in [0, 0.1) is 0 Å². The number of carbonyl (C=O) groups excluding carboxylic acids is 1. The molecule has 0 bridgehead atoms. The summed E-state index contributed by atoms with van der Waals surface area (Å²) in [5.41, 5.74) is 7.87. The summed E-state index contributed by atoms with van der Waals surface area (Å²) in [5.74, 6) is -2.78. The molecule has 0 saturated heterocycles. The largest absolute Gasteiger partial charge is 0.481 e. The van der Waals surface area contributed by atoms with Crippen LogP contribution < -0.4 is 16.7 Å². The number of aliphatic carboxylic acids is 2. The number of anilines is 1. The fraction of sp³-hybridized carbons (Fsp3) is 0.250. The van der Waals surface area contributed by atoms with E-state index in [0.717, 1.165) is 11.1 Å². The molecule has 1 amide bonds. The van der Waals surface area contributed by atoms with E-state index in [1.165, 1.54) is 0 Å². The maximum atomic E-state index is 12.3. The van der Waals surface area contributed by atoms with Crippen LogP contribution in [0.5, 0.6) is 0 Å². The third-order valence-corrected chi connectivity index (χ3v) is 4.81. The number of benzene rings is 1. The van der Waals surface area contributed by atoms with E-state index < -0.39 is 29.6 Å². The molecule has 7 N–H and O–H groups in total. The fourth-order valence-corrected chi connectivity index (χ4v) is 3.21. The number of carbonyl (C=O) groups is 3. The van der Waals surface area contributed by atoms with E-state index in [1.54, 1.807) is 30.5 Å². The van der Waals surface area contributed by atoms with Crippen LogP contribution in [0.1, 0.15) is 34.3 Å². The Labute approximate surface area is 175 Å². The van der Waals surface area contributed by atoms with Crippen molar-refractivity contribution in [3.8, 4) is 0 Å². The molecule has 0 saturated carbocycles. The van der Waals surface area contributed by atoms with Gasteiger partial charge < -0.3 is 26.2 Å². The number of aromatic amines is 2. The quantitative estimate of drug-likeness (QED) is 0.287. The van der Waals surface area contributed by atoms with Crippen molar-refractivity contribution in [2.24, 2.45) is 0 Å². The van der Waals surface area contributed by atoms with Gasteiger partial charge in [0.2, 0.25) is 0 Å². The molecule has 11 heteroatoms. The second-order valence-electron chi connectivity index (χ2n) is 6.99. The minimum atomic E-state index is -1.29. The number of aromatic nitrogens is 3. The highest BCUT2D eigenvalue weighted by Crippen LogP contribution is 2.21. The molecule has 162 valence electrons. The summed E-state index contributed by atoms with van der Waals surface area (Å²) in [6, 6.07) is 5.36. The summed E-state index contributed by atoms with van der Waals surface area (Å²) in [7, 11) is 0. The Morgan fingerprint density at radius 2 is 1.84 bits per heavy atom. The Hall–Kier alpha value is -4.15. The molecule has 11 nitrogen and oxygen atoms in total. The highest BCUT2D eigenvalue weighted by Gasteiger charge is 2.21. The molecule has 1 aromatic carbocycles. The molecule has 0 radical (unpaired) electrons. The maximum Gasteiger partial charge on any atom is 0.348 e. The first-order chi connectivity index (χ1) is 14.7. The van der Waals surface area contributed by atoms with Crippen LogP contribution in [0.2, 0.25) is 0 Å². The van der Waals surface area contributed by atoms with Gasteiger partial charge in [-0.05, 0) is 42.5 Å². The monoisotopic (exact) mass is 427 g/mol. The maximum absolute atomic E-state index is 12.3. The van der Waals surface area contributed by atoms with Crippen molar-refractivity contribution in [3.05, 3.63) is 57.6 Å². The zero-order valence-electron chi connectivity index (χ0n) is 16.3. The Morgan fingerprint density at radius 1 is 1.13 bits per heavy atom. The summed E-state index contributed by atoms with van der Waals surface area (Å²) in [6.45, 7) is 0. The predicted molar refractivity (Wildman–Crippen MR) is 111 cm³/mol. The number of hydrogen-bond acceptors (Lipinski definition) is 6. The standard InChI is InChI=1S/C20H21N5O6/c21-16-15-12(9-22-17(15)25-20(31)24-16)6-3-10-1-4-11(5-2-10)18(28)23-13(19(29)30)7-8-14(26)27/h1-2,4-5,9,13H,3,6-8H2,(H,23,28)(H,26,27)(H,29,30)(H4,21,22,24,25,31). The van der Waals surface area contributed by atoms with Gasteiger partial charge in [0.15, 0.2) is 0 Å². The summed E-state index contributed by atoms with van der Waals surface area (Å²) >= 11 is 0. The van der Waals surface area contributed by atoms with Gasteiger partial charge in [-0.1, -0.05) is 12.1 Å².